The smallest absolute Gasteiger partial charge is 0.138 e. The number of H-pyrrole nitrogens is 1. The van der Waals surface area contributed by atoms with Crippen LogP contribution in [0.1, 0.15) is 6.92 Å². The predicted octanol–water partition coefficient (Wildman–Crippen LogP) is 5.59. The lowest BCUT2D eigenvalue weighted by Gasteiger charge is -2.06. The summed E-state index contributed by atoms with van der Waals surface area (Å²) in [5, 5.41) is 1.52. The van der Waals surface area contributed by atoms with Crippen LogP contribution in [0, 0.1) is 0 Å². The summed E-state index contributed by atoms with van der Waals surface area (Å²) < 4.78 is 5.42. The van der Waals surface area contributed by atoms with Crippen molar-refractivity contribution in [2.45, 2.75) is 6.92 Å². The molecule has 0 atom stereocenters. The molecule has 0 aliphatic carbocycles. The van der Waals surface area contributed by atoms with Crippen LogP contribution in [0.2, 0.25) is 15.1 Å². The third kappa shape index (κ3) is 2.82. The highest BCUT2D eigenvalue weighted by Crippen LogP contribution is 2.32. The Balaban J connectivity index is 2.06. The third-order valence-corrected chi connectivity index (χ3v) is 4.05. The third-order valence-electron chi connectivity index (χ3n) is 3.03. The van der Waals surface area contributed by atoms with Gasteiger partial charge in [-0.05, 0) is 37.3 Å². The Kier molecular flexibility index (Phi) is 3.98. The molecule has 3 nitrogen and oxygen atoms in total. The van der Waals surface area contributed by atoms with Crippen molar-refractivity contribution in [1.82, 2.24) is 9.97 Å². The minimum absolute atomic E-state index is 0.479. The van der Waals surface area contributed by atoms with Crippen molar-refractivity contribution in [1.29, 1.82) is 0 Å². The molecule has 0 aliphatic heterocycles. The van der Waals surface area contributed by atoms with E-state index in [1.165, 1.54) is 0 Å². The fraction of sp³-hybridized carbons (Fsp3) is 0.133. The largest absolute Gasteiger partial charge is 0.492 e. The maximum atomic E-state index is 6.20. The van der Waals surface area contributed by atoms with Gasteiger partial charge in [0.1, 0.15) is 11.6 Å². The summed E-state index contributed by atoms with van der Waals surface area (Å²) in [6.45, 7) is 2.48. The van der Waals surface area contributed by atoms with E-state index in [4.69, 9.17) is 39.5 Å². The van der Waals surface area contributed by atoms with Crippen molar-refractivity contribution < 1.29 is 4.74 Å². The monoisotopic (exact) mass is 340 g/mol. The van der Waals surface area contributed by atoms with Crippen LogP contribution in [-0.2, 0) is 0 Å². The Morgan fingerprint density at radius 3 is 2.52 bits per heavy atom. The molecule has 3 aromatic rings. The fourth-order valence-electron chi connectivity index (χ4n) is 2.06. The number of nitrogens with one attached hydrogen (secondary N) is 1. The molecular formula is C15H11Cl3N2O. The second kappa shape index (κ2) is 5.76. The lowest BCUT2D eigenvalue weighted by atomic mass is 10.2. The number of nitrogens with zero attached hydrogens (tertiary/aromatic N) is 1. The molecule has 0 unspecified atom stereocenters. The highest BCUT2D eigenvalue weighted by atomic mass is 35.5. The molecule has 0 saturated carbocycles. The standard InChI is InChI=1S/C15H11Cl3N2O/c1-2-21-14-4-3-8(5-11(14)18)15-19-12-6-9(16)10(17)7-13(12)20-15/h3-7H,2H2,1H3,(H,19,20). The molecule has 0 amide bonds. The van der Waals surface area contributed by atoms with E-state index in [1.807, 2.05) is 25.1 Å². The van der Waals surface area contributed by atoms with Gasteiger partial charge >= 0.3 is 0 Å². The highest BCUT2D eigenvalue weighted by Gasteiger charge is 2.10. The average Bonchev–Trinajstić information content (AvgIpc) is 2.84. The number of aromatic amines is 1. The molecule has 0 saturated heterocycles. The predicted molar refractivity (Wildman–Crippen MR) is 87.7 cm³/mol. The molecule has 0 aliphatic rings. The van der Waals surface area contributed by atoms with Gasteiger partial charge in [-0.25, -0.2) is 4.98 Å². The normalized spacial score (nSPS) is 11.0. The number of aromatic nitrogens is 2. The molecule has 1 N–H and O–H groups in total. The zero-order chi connectivity index (χ0) is 15.0. The molecule has 0 bridgehead atoms. The van der Waals surface area contributed by atoms with Gasteiger partial charge < -0.3 is 9.72 Å². The van der Waals surface area contributed by atoms with Crippen molar-refractivity contribution in [2.75, 3.05) is 6.61 Å². The van der Waals surface area contributed by atoms with E-state index in [1.54, 1.807) is 12.1 Å². The van der Waals surface area contributed by atoms with Crippen molar-refractivity contribution in [2.24, 2.45) is 0 Å². The minimum atomic E-state index is 0.479. The SMILES string of the molecule is CCOc1ccc(-c2nc3cc(Cl)c(Cl)cc3[nH]2)cc1Cl. The Morgan fingerprint density at radius 1 is 1.05 bits per heavy atom. The number of hydrogen-bond acceptors (Lipinski definition) is 2. The van der Waals surface area contributed by atoms with Gasteiger partial charge in [0.2, 0.25) is 0 Å². The fourth-order valence-corrected chi connectivity index (χ4v) is 2.62. The summed E-state index contributed by atoms with van der Waals surface area (Å²) in [7, 11) is 0. The van der Waals surface area contributed by atoms with E-state index in [9.17, 15) is 0 Å². The molecule has 0 fully saturated rings. The van der Waals surface area contributed by atoms with Crippen LogP contribution in [0.5, 0.6) is 5.75 Å². The first-order valence-electron chi connectivity index (χ1n) is 6.36. The second-order valence-electron chi connectivity index (χ2n) is 4.45. The summed E-state index contributed by atoms with van der Waals surface area (Å²) in [5.41, 5.74) is 2.45. The van der Waals surface area contributed by atoms with Crippen molar-refractivity contribution in [3.05, 3.63) is 45.4 Å². The van der Waals surface area contributed by atoms with Gasteiger partial charge in [0.05, 0.1) is 32.7 Å². The number of imidazole rings is 1. The van der Waals surface area contributed by atoms with Gasteiger partial charge in [-0.1, -0.05) is 34.8 Å². The lowest BCUT2D eigenvalue weighted by molar-refractivity contribution is 0.340. The molecule has 1 aromatic heterocycles. The molecular weight excluding hydrogens is 331 g/mol. The number of ether oxygens (including phenoxy) is 1. The van der Waals surface area contributed by atoms with E-state index in [2.05, 4.69) is 9.97 Å². The topological polar surface area (TPSA) is 37.9 Å². The number of benzene rings is 2. The van der Waals surface area contributed by atoms with E-state index in [0.29, 0.717) is 33.2 Å². The number of hydrogen-bond donors (Lipinski definition) is 1. The summed E-state index contributed by atoms with van der Waals surface area (Å²) >= 11 is 18.2. The zero-order valence-corrected chi connectivity index (χ0v) is 13.4. The summed E-state index contributed by atoms with van der Waals surface area (Å²) in [4.78, 5) is 7.71. The van der Waals surface area contributed by atoms with Gasteiger partial charge in [0, 0.05) is 5.56 Å². The molecule has 3 rings (SSSR count). The van der Waals surface area contributed by atoms with Crippen LogP contribution < -0.4 is 4.74 Å². The molecule has 6 heteroatoms. The quantitative estimate of drug-likeness (QED) is 0.674. The Bertz CT molecular complexity index is 775. The molecule has 21 heavy (non-hydrogen) atoms. The zero-order valence-electron chi connectivity index (χ0n) is 11.1. The van der Waals surface area contributed by atoms with E-state index >= 15 is 0 Å². The molecule has 108 valence electrons. The number of fused-ring (bicyclic) bond motifs is 1. The van der Waals surface area contributed by atoms with Gasteiger partial charge in [0.15, 0.2) is 0 Å². The van der Waals surface area contributed by atoms with Crippen LogP contribution in [0.3, 0.4) is 0 Å². The molecule has 2 aromatic carbocycles. The first kappa shape index (κ1) is 14.5. The van der Waals surface area contributed by atoms with E-state index in [0.717, 1.165) is 16.6 Å². The highest BCUT2D eigenvalue weighted by molar-refractivity contribution is 6.42. The summed E-state index contributed by atoms with van der Waals surface area (Å²) in [6.07, 6.45) is 0. The minimum Gasteiger partial charge on any atom is -0.492 e. The van der Waals surface area contributed by atoms with Gasteiger partial charge in [0.25, 0.3) is 0 Å². The van der Waals surface area contributed by atoms with Crippen LogP contribution in [0.25, 0.3) is 22.4 Å². The summed E-state index contributed by atoms with van der Waals surface area (Å²) in [5.74, 6) is 1.36. The maximum Gasteiger partial charge on any atom is 0.138 e. The Labute approximate surface area is 136 Å². The number of halogens is 3. The van der Waals surface area contributed by atoms with Crippen molar-refractivity contribution in [3.63, 3.8) is 0 Å². The van der Waals surface area contributed by atoms with Crippen molar-refractivity contribution in [3.8, 4) is 17.1 Å². The van der Waals surface area contributed by atoms with Crippen LogP contribution in [0.15, 0.2) is 30.3 Å². The molecule has 0 radical (unpaired) electrons. The Hall–Kier alpha value is -1.42. The van der Waals surface area contributed by atoms with Crippen LogP contribution >= 0.6 is 34.8 Å². The second-order valence-corrected chi connectivity index (χ2v) is 5.67. The Morgan fingerprint density at radius 2 is 1.81 bits per heavy atom. The van der Waals surface area contributed by atoms with Crippen LogP contribution in [-0.4, -0.2) is 16.6 Å². The first-order valence-corrected chi connectivity index (χ1v) is 7.49. The molecule has 0 spiro atoms. The molecule has 1 heterocycles. The summed E-state index contributed by atoms with van der Waals surface area (Å²) in [6, 6.07) is 9.03. The van der Waals surface area contributed by atoms with Gasteiger partial charge in [-0.15, -0.1) is 0 Å². The van der Waals surface area contributed by atoms with Gasteiger partial charge in [-0.3, -0.25) is 0 Å². The van der Waals surface area contributed by atoms with E-state index < -0.39 is 0 Å². The number of rotatable bonds is 3. The van der Waals surface area contributed by atoms with E-state index in [-0.39, 0.29) is 0 Å². The van der Waals surface area contributed by atoms with Crippen LogP contribution in [0.4, 0.5) is 0 Å². The first-order chi connectivity index (χ1) is 10.1. The van der Waals surface area contributed by atoms with Crippen molar-refractivity contribution >= 4 is 45.8 Å². The van der Waals surface area contributed by atoms with Gasteiger partial charge in [-0.2, -0.15) is 0 Å². The average molecular weight is 342 g/mol. The lowest BCUT2D eigenvalue weighted by Crippen LogP contribution is -1.92. The maximum absolute atomic E-state index is 6.20.